The number of aromatic nitrogens is 2. The van der Waals surface area contributed by atoms with Gasteiger partial charge in [-0.05, 0) is 24.5 Å². The predicted octanol–water partition coefficient (Wildman–Crippen LogP) is 3.08. The van der Waals surface area contributed by atoms with E-state index in [0.717, 1.165) is 43.0 Å². The quantitative estimate of drug-likeness (QED) is 0.890. The molecule has 0 saturated heterocycles. The Bertz CT molecular complexity index is 372. The van der Waals surface area contributed by atoms with Crippen LogP contribution in [0.2, 0.25) is 0 Å². The Balaban J connectivity index is 1.92. The highest BCUT2D eigenvalue weighted by Crippen LogP contribution is 2.33. The van der Waals surface area contributed by atoms with Crippen molar-refractivity contribution in [2.75, 3.05) is 5.75 Å². The van der Waals surface area contributed by atoms with Crippen molar-refractivity contribution in [3.63, 3.8) is 0 Å². The second-order valence-corrected chi connectivity index (χ2v) is 6.67. The van der Waals surface area contributed by atoms with E-state index in [4.69, 9.17) is 10.3 Å². The van der Waals surface area contributed by atoms with Crippen LogP contribution in [0.3, 0.4) is 0 Å². The van der Waals surface area contributed by atoms with Crippen LogP contribution >= 0.6 is 11.8 Å². The third kappa shape index (κ3) is 3.48. The molecule has 0 atom stereocenters. The fourth-order valence-electron chi connectivity index (χ4n) is 2.30. The van der Waals surface area contributed by atoms with Crippen molar-refractivity contribution in [3.05, 3.63) is 11.7 Å². The van der Waals surface area contributed by atoms with Gasteiger partial charge in [-0.2, -0.15) is 16.7 Å². The van der Waals surface area contributed by atoms with E-state index in [0.29, 0.717) is 11.8 Å². The van der Waals surface area contributed by atoms with Crippen LogP contribution in [0.1, 0.15) is 57.7 Å². The molecule has 102 valence electrons. The summed E-state index contributed by atoms with van der Waals surface area (Å²) < 4.78 is 5.37. The summed E-state index contributed by atoms with van der Waals surface area (Å²) in [5.41, 5.74) is 6.00. The van der Waals surface area contributed by atoms with Gasteiger partial charge in [-0.15, -0.1) is 0 Å². The minimum Gasteiger partial charge on any atom is -0.337 e. The molecule has 0 unspecified atom stereocenters. The van der Waals surface area contributed by atoms with Crippen molar-refractivity contribution in [2.24, 2.45) is 11.7 Å². The summed E-state index contributed by atoms with van der Waals surface area (Å²) in [6.45, 7) is 4.43. The van der Waals surface area contributed by atoms with Gasteiger partial charge in [0.25, 0.3) is 0 Å². The first-order valence-electron chi connectivity index (χ1n) is 6.80. The zero-order valence-corrected chi connectivity index (χ0v) is 12.1. The van der Waals surface area contributed by atoms with Gasteiger partial charge in [-0.1, -0.05) is 38.3 Å². The van der Waals surface area contributed by atoms with Crippen LogP contribution in [0.5, 0.6) is 0 Å². The standard InChI is InChI=1S/C13H23N3OS/c1-10(2)8-18-9-11-15-12(17-16-11)13(14)6-4-3-5-7-13/h10H,3-9,14H2,1-2H3. The Morgan fingerprint density at radius 3 is 2.72 bits per heavy atom. The van der Waals surface area contributed by atoms with E-state index >= 15 is 0 Å². The first-order chi connectivity index (χ1) is 8.60. The summed E-state index contributed by atoms with van der Waals surface area (Å²) in [6.07, 6.45) is 5.53. The molecule has 0 aliphatic heterocycles. The highest BCUT2D eigenvalue weighted by atomic mass is 32.2. The van der Waals surface area contributed by atoms with Crippen molar-refractivity contribution < 1.29 is 4.52 Å². The smallest absolute Gasteiger partial charge is 0.246 e. The lowest BCUT2D eigenvalue weighted by atomic mass is 9.82. The first-order valence-corrected chi connectivity index (χ1v) is 7.95. The van der Waals surface area contributed by atoms with Crippen molar-refractivity contribution >= 4 is 11.8 Å². The van der Waals surface area contributed by atoms with Crippen LogP contribution in [-0.2, 0) is 11.3 Å². The number of hydrogen-bond donors (Lipinski definition) is 1. The molecule has 5 heteroatoms. The van der Waals surface area contributed by atoms with E-state index in [-0.39, 0.29) is 5.54 Å². The number of nitrogens with two attached hydrogens (primary N) is 1. The molecule has 2 rings (SSSR count). The second-order valence-electron chi connectivity index (χ2n) is 5.64. The van der Waals surface area contributed by atoms with E-state index in [1.54, 1.807) is 0 Å². The van der Waals surface area contributed by atoms with Gasteiger partial charge < -0.3 is 10.3 Å². The van der Waals surface area contributed by atoms with Gasteiger partial charge in [0.2, 0.25) is 5.89 Å². The summed E-state index contributed by atoms with van der Waals surface area (Å²) >= 11 is 1.85. The lowest BCUT2D eigenvalue weighted by Gasteiger charge is -2.29. The first kappa shape index (κ1) is 13.9. The Morgan fingerprint density at radius 2 is 2.06 bits per heavy atom. The number of rotatable bonds is 5. The fourth-order valence-corrected chi connectivity index (χ4v) is 3.19. The summed E-state index contributed by atoms with van der Waals surface area (Å²) in [5, 5.41) is 4.05. The normalized spacial score (nSPS) is 19.3. The maximum absolute atomic E-state index is 6.37. The molecular weight excluding hydrogens is 246 g/mol. The van der Waals surface area contributed by atoms with Gasteiger partial charge in [-0.3, -0.25) is 0 Å². The van der Waals surface area contributed by atoms with Crippen LogP contribution in [0.15, 0.2) is 4.52 Å². The average molecular weight is 269 g/mol. The van der Waals surface area contributed by atoms with E-state index in [2.05, 4.69) is 24.0 Å². The Kier molecular flexibility index (Phi) is 4.67. The van der Waals surface area contributed by atoms with Crippen molar-refractivity contribution in [3.8, 4) is 0 Å². The Labute approximate surface area is 113 Å². The van der Waals surface area contributed by atoms with Gasteiger partial charge in [0, 0.05) is 0 Å². The summed E-state index contributed by atoms with van der Waals surface area (Å²) in [5.74, 6) is 4.06. The zero-order valence-electron chi connectivity index (χ0n) is 11.3. The molecule has 4 nitrogen and oxygen atoms in total. The molecule has 1 aliphatic carbocycles. The Morgan fingerprint density at radius 1 is 1.33 bits per heavy atom. The molecule has 0 spiro atoms. The van der Waals surface area contributed by atoms with Gasteiger partial charge in [-0.25, -0.2) is 0 Å². The van der Waals surface area contributed by atoms with E-state index < -0.39 is 0 Å². The summed E-state index contributed by atoms with van der Waals surface area (Å²) in [6, 6.07) is 0. The highest BCUT2D eigenvalue weighted by molar-refractivity contribution is 7.98. The zero-order chi connectivity index (χ0) is 13.0. The van der Waals surface area contributed by atoms with E-state index in [9.17, 15) is 0 Å². The van der Waals surface area contributed by atoms with Gasteiger partial charge >= 0.3 is 0 Å². The van der Waals surface area contributed by atoms with Crippen molar-refractivity contribution in [1.29, 1.82) is 0 Å². The molecule has 0 bridgehead atoms. The molecule has 18 heavy (non-hydrogen) atoms. The molecule has 1 saturated carbocycles. The average Bonchev–Trinajstić information content (AvgIpc) is 2.79. The fraction of sp³-hybridized carbons (Fsp3) is 0.846. The molecule has 1 aromatic heterocycles. The lowest BCUT2D eigenvalue weighted by Crippen LogP contribution is -2.38. The largest absolute Gasteiger partial charge is 0.337 e. The molecule has 1 aliphatic rings. The van der Waals surface area contributed by atoms with E-state index in [1.165, 1.54) is 6.42 Å². The van der Waals surface area contributed by atoms with Gasteiger partial charge in [0.05, 0.1) is 11.3 Å². The topological polar surface area (TPSA) is 64.9 Å². The minimum atomic E-state index is -0.369. The van der Waals surface area contributed by atoms with Crippen molar-refractivity contribution in [2.45, 2.75) is 57.2 Å². The SMILES string of the molecule is CC(C)CSCc1noc(C2(N)CCCCC2)n1. The third-order valence-corrected chi connectivity index (χ3v) is 4.69. The number of hydrogen-bond acceptors (Lipinski definition) is 5. The van der Waals surface area contributed by atoms with Crippen LogP contribution in [0.25, 0.3) is 0 Å². The summed E-state index contributed by atoms with van der Waals surface area (Å²) in [4.78, 5) is 4.48. The van der Waals surface area contributed by atoms with Crippen LogP contribution < -0.4 is 5.73 Å². The van der Waals surface area contributed by atoms with Crippen LogP contribution in [0.4, 0.5) is 0 Å². The maximum atomic E-state index is 6.37. The summed E-state index contributed by atoms with van der Waals surface area (Å²) in [7, 11) is 0. The van der Waals surface area contributed by atoms with Crippen LogP contribution in [-0.4, -0.2) is 15.9 Å². The van der Waals surface area contributed by atoms with Crippen molar-refractivity contribution in [1.82, 2.24) is 10.1 Å². The monoisotopic (exact) mass is 269 g/mol. The molecular formula is C13H23N3OS. The third-order valence-electron chi connectivity index (χ3n) is 3.32. The molecule has 1 aromatic rings. The number of nitrogens with zero attached hydrogens (tertiary/aromatic N) is 2. The molecule has 1 fully saturated rings. The second kappa shape index (κ2) is 6.06. The molecule has 0 radical (unpaired) electrons. The molecule has 0 aromatic carbocycles. The Hall–Kier alpha value is -0.550. The molecule has 1 heterocycles. The highest BCUT2D eigenvalue weighted by Gasteiger charge is 2.35. The van der Waals surface area contributed by atoms with Gasteiger partial charge in [0.1, 0.15) is 0 Å². The minimum absolute atomic E-state index is 0.369. The maximum Gasteiger partial charge on any atom is 0.246 e. The predicted molar refractivity (Wildman–Crippen MR) is 74.2 cm³/mol. The lowest BCUT2D eigenvalue weighted by molar-refractivity contribution is 0.219. The van der Waals surface area contributed by atoms with Crippen LogP contribution in [0, 0.1) is 5.92 Å². The number of thioether (sulfide) groups is 1. The van der Waals surface area contributed by atoms with Gasteiger partial charge in [0.15, 0.2) is 5.82 Å². The molecule has 0 amide bonds. The molecule has 2 N–H and O–H groups in total. The van der Waals surface area contributed by atoms with E-state index in [1.807, 2.05) is 11.8 Å².